The summed E-state index contributed by atoms with van der Waals surface area (Å²) in [6.45, 7) is 1.89. The fraction of sp³-hybridized carbons (Fsp3) is 0.188. The fourth-order valence-electron chi connectivity index (χ4n) is 1.93. The molecule has 2 rings (SSSR count). The Morgan fingerprint density at radius 2 is 1.57 bits per heavy atom. The first-order valence-corrected chi connectivity index (χ1v) is 8.15. The summed E-state index contributed by atoms with van der Waals surface area (Å²) in [5, 5.41) is 0. The van der Waals surface area contributed by atoms with Gasteiger partial charge < -0.3 is 4.90 Å². The third-order valence-electron chi connectivity index (χ3n) is 3.11. The lowest BCUT2D eigenvalue weighted by molar-refractivity contribution is 0.0817. The zero-order chi connectivity index (χ0) is 15.5. The van der Waals surface area contributed by atoms with E-state index >= 15 is 0 Å². The topological polar surface area (TPSA) is 54.5 Å². The molecule has 0 N–H and O–H groups in total. The van der Waals surface area contributed by atoms with Gasteiger partial charge in [0.2, 0.25) is 0 Å². The van der Waals surface area contributed by atoms with E-state index in [-0.39, 0.29) is 16.7 Å². The average molecular weight is 303 g/mol. The molecule has 5 heteroatoms. The molecule has 1 amide bonds. The minimum Gasteiger partial charge on any atom is -0.327 e. The highest BCUT2D eigenvalue weighted by molar-refractivity contribution is 7.91. The monoisotopic (exact) mass is 303 g/mol. The highest BCUT2D eigenvalue weighted by Gasteiger charge is 2.21. The molecule has 0 fully saturated rings. The van der Waals surface area contributed by atoms with E-state index in [4.69, 9.17) is 0 Å². The van der Waals surface area contributed by atoms with Gasteiger partial charge in [-0.3, -0.25) is 4.79 Å². The Kier molecular flexibility index (Phi) is 4.43. The van der Waals surface area contributed by atoms with Crippen LogP contribution in [0.3, 0.4) is 0 Å². The Bertz CT molecular complexity index is 722. The van der Waals surface area contributed by atoms with E-state index in [0.29, 0.717) is 5.56 Å². The minimum atomic E-state index is -3.52. The number of rotatable bonds is 4. The summed E-state index contributed by atoms with van der Waals surface area (Å²) in [6.07, 6.45) is 0. The van der Waals surface area contributed by atoms with Crippen molar-refractivity contribution in [3.8, 4) is 0 Å². The standard InChI is InChI=1S/C16H17NO3S/c1-13-8-10-15(11-9-13)21(19,20)12-17(2)16(18)14-6-4-3-5-7-14/h3-11H,12H2,1-2H3. The normalized spacial score (nSPS) is 11.1. The summed E-state index contributed by atoms with van der Waals surface area (Å²) in [5.74, 6) is -0.657. The average Bonchev–Trinajstić information content (AvgIpc) is 2.47. The van der Waals surface area contributed by atoms with Crippen LogP contribution in [-0.2, 0) is 9.84 Å². The van der Waals surface area contributed by atoms with Crippen LogP contribution in [0.2, 0.25) is 0 Å². The number of carbonyl (C=O) groups excluding carboxylic acids is 1. The second-order valence-corrected chi connectivity index (χ2v) is 6.89. The number of hydrogen-bond donors (Lipinski definition) is 0. The van der Waals surface area contributed by atoms with E-state index in [0.717, 1.165) is 5.56 Å². The van der Waals surface area contributed by atoms with Gasteiger partial charge in [-0.15, -0.1) is 0 Å². The molecule has 0 unspecified atom stereocenters. The lowest BCUT2D eigenvalue weighted by atomic mass is 10.2. The van der Waals surface area contributed by atoms with Crippen LogP contribution in [0.4, 0.5) is 0 Å². The van der Waals surface area contributed by atoms with Crippen LogP contribution >= 0.6 is 0 Å². The van der Waals surface area contributed by atoms with Crippen LogP contribution in [0.15, 0.2) is 59.5 Å². The highest BCUT2D eigenvalue weighted by atomic mass is 32.2. The molecule has 2 aromatic rings. The molecular formula is C16H17NO3S. The van der Waals surface area contributed by atoms with Crippen molar-refractivity contribution in [2.24, 2.45) is 0 Å². The van der Waals surface area contributed by atoms with Gasteiger partial charge in [-0.1, -0.05) is 35.9 Å². The number of sulfone groups is 1. The van der Waals surface area contributed by atoms with Crippen molar-refractivity contribution in [3.05, 3.63) is 65.7 Å². The molecule has 0 spiro atoms. The van der Waals surface area contributed by atoms with Crippen molar-refractivity contribution in [1.82, 2.24) is 4.90 Å². The van der Waals surface area contributed by atoms with Crippen LogP contribution < -0.4 is 0 Å². The molecule has 0 bridgehead atoms. The SMILES string of the molecule is Cc1ccc(S(=O)(=O)CN(C)C(=O)c2ccccc2)cc1. The Hall–Kier alpha value is -2.14. The molecule has 4 nitrogen and oxygen atoms in total. The van der Waals surface area contributed by atoms with Crippen molar-refractivity contribution >= 4 is 15.7 Å². The van der Waals surface area contributed by atoms with Crippen LogP contribution in [0.5, 0.6) is 0 Å². The van der Waals surface area contributed by atoms with E-state index < -0.39 is 9.84 Å². The molecule has 0 saturated carbocycles. The molecule has 0 atom stereocenters. The maximum absolute atomic E-state index is 12.3. The minimum absolute atomic E-state index is 0.223. The summed E-state index contributed by atoms with van der Waals surface area (Å²) in [4.78, 5) is 13.6. The van der Waals surface area contributed by atoms with Gasteiger partial charge in [-0.25, -0.2) is 8.42 Å². The lowest BCUT2D eigenvalue weighted by Gasteiger charge is -2.17. The predicted octanol–water partition coefficient (Wildman–Crippen LogP) is 2.50. The Balaban J connectivity index is 2.17. The van der Waals surface area contributed by atoms with E-state index in [9.17, 15) is 13.2 Å². The van der Waals surface area contributed by atoms with Crippen molar-refractivity contribution in [1.29, 1.82) is 0 Å². The third-order valence-corrected chi connectivity index (χ3v) is 4.83. The van der Waals surface area contributed by atoms with Crippen LogP contribution in [0, 0.1) is 6.92 Å². The van der Waals surface area contributed by atoms with Gasteiger partial charge in [0.05, 0.1) is 4.90 Å². The predicted molar refractivity (Wildman–Crippen MR) is 81.8 cm³/mol. The van der Waals surface area contributed by atoms with Crippen molar-refractivity contribution in [2.75, 3.05) is 12.9 Å². The molecule has 0 aliphatic heterocycles. The molecule has 110 valence electrons. The van der Waals surface area contributed by atoms with Crippen molar-refractivity contribution in [2.45, 2.75) is 11.8 Å². The molecule has 0 aromatic heterocycles. The summed E-state index contributed by atoms with van der Waals surface area (Å²) >= 11 is 0. The summed E-state index contributed by atoms with van der Waals surface area (Å²) in [5.41, 5.74) is 1.46. The molecule has 2 aromatic carbocycles. The van der Waals surface area contributed by atoms with E-state index in [1.165, 1.54) is 11.9 Å². The van der Waals surface area contributed by atoms with E-state index in [1.807, 2.05) is 6.92 Å². The zero-order valence-corrected chi connectivity index (χ0v) is 12.8. The van der Waals surface area contributed by atoms with E-state index in [1.54, 1.807) is 54.6 Å². The Morgan fingerprint density at radius 1 is 1.00 bits per heavy atom. The van der Waals surface area contributed by atoms with Crippen LogP contribution in [-0.4, -0.2) is 32.1 Å². The van der Waals surface area contributed by atoms with Gasteiger partial charge in [-0.05, 0) is 31.2 Å². The van der Waals surface area contributed by atoms with Crippen LogP contribution in [0.25, 0.3) is 0 Å². The molecule has 0 saturated heterocycles. The van der Waals surface area contributed by atoms with Gasteiger partial charge in [0.1, 0.15) is 5.88 Å². The first-order chi connectivity index (χ1) is 9.90. The molecule has 0 heterocycles. The number of amides is 1. The number of nitrogens with zero attached hydrogens (tertiary/aromatic N) is 1. The Morgan fingerprint density at radius 3 is 2.14 bits per heavy atom. The quantitative estimate of drug-likeness (QED) is 0.872. The molecule has 0 radical (unpaired) electrons. The number of carbonyl (C=O) groups is 1. The lowest BCUT2D eigenvalue weighted by Crippen LogP contribution is -2.32. The second-order valence-electron chi connectivity index (χ2n) is 4.93. The summed E-state index contributed by atoms with van der Waals surface area (Å²) in [7, 11) is -2.04. The first kappa shape index (κ1) is 15.3. The largest absolute Gasteiger partial charge is 0.327 e. The van der Waals surface area contributed by atoms with E-state index in [2.05, 4.69) is 0 Å². The van der Waals surface area contributed by atoms with Crippen molar-refractivity contribution < 1.29 is 13.2 Å². The molecule has 0 aliphatic rings. The van der Waals surface area contributed by atoms with Crippen LogP contribution in [0.1, 0.15) is 15.9 Å². The number of benzene rings is 2. The fourth-order valence-corrected chi connectivity index (χ4v) is 3.26. The third kappa shape index (κ3) is 3.70. The smallest absolute Gasteiger partial charge is 0.254 e. The Labute approximate surface area is 124 Å². The summed E-state index contributed by atoms with van der Waals surface area (Å²) < 4.78 is 24.6. The number of hydrogen-bond acceptors (Lipinski definition) is 3. The molecule has 0 aliphatic carbocycles. The highest BCUT2D eigenvalue weighted by Crippen LogP contribution is 2.14. The van der Waals surface area contributed by atoms with Gasteiger partial charge in [0.25, 0.3) is 5.91 Å². The van der Waals surface area contributed by atoms with Gasteiger partial charge in [0, 0.05) is 12.6 Å². The van der Waals surface area contributed by atoms with Gasteiger partial charge in [0.15, 0.2) is 9.84 Å². The van der Waals surface area contributed by atoms with Gasteiger partial charge in [-0.2, -0.15) is 0 Å². The second kappa shape index (κ2) is 6.10. The van der Waals surface area contributed by atoms with Crippen molar-refractivity contribution in [3.63, 3.8) is 0 Å². The first-order valence-electron chi connectivity index (χ1n) is 6.50. The summed E-state index contributed by atoms with van der Waals surface area (Å²) in [6, 6.07) is 15.2. The molecular weight excluding hydrogens is 286 g/mol. The number of aryl methyl sites for hydroxylation is 1. The van der Waals surface area contributed by atoms with Gasteiger partial charge >= 0.3 is 0 Å². The zero-order valence-electron chi connectivity index (χ0n) is 12.0. The maximum Gasteiger partial charge on any atom is 0.254 e. The molecule has 21 heavy (non-hydrogen) atoms. The maximum atomic E-state index is 12.3.